The number of piperidine rings is 1. The Labute approximate surface area is 258 Å². The molecule has 2 amide bonds. The number of halogens is 1. The van der Waals surface area contributed by atoms with Gasteiger partial charge in [-0.25, -0.2) is 14.4 Å². The van der Waals surface area contributed by atoms with Crippen molar-refractivity contribution in [2.24, 2.45) is 12.5 Å². The minimum atomic E-state index is -1.06. The molecule has 234 valence electrons. The number of nitrogens with zero attached hydrogens (tertiary/aromatic N) is 4. The molecule has 0 aliphatic carbocycles. The number of fused-ring (bicyclic) bond motifs is 2. The molecule has 2 bridgehead atoms. The lowest BCUT2D eigenvalue weighted by Gasteiger charge is -2.27. The Balaban J connectivity index is 1.38. The molecule has 6 rings (SSSR count). The molecule has 10 heteroatoms. The third-order valence-electron chi connectivity index (χ3n) is 9.52. The second-order valence-electron chi connectivity index (χ2n) is 13.3. The van der Waals surface area contributed by atoms with E-state index in [4.69, 9.17) is 9.97 Å². The minimum Gasteiger partial charge on any atom is -0.348 e. The van der Waals surface area contributed by atoms with Crippen molar-refractivity contribution >= 4 is 33.9 Å². The standard InChI is InChI=1S/C34H44FN7O2/c1-20-16-28-26(18-23(20)32(43)40-27-19-36-14-12-24(27)35)39-31(41(28)5)29-17-22-10-11-25-21(2)37-33(44)34(3,4)13-8-6-7-9-15-42(29)30(22)38-25/h10-11,16-18,21,24,27,36H,6-9,12-15,19H2,1-5H3,(H,37,44)(H,40,43)/t21-,24+,27+/m1/s1. The molecule has 4 aromatic rings. The predicted octanol–water partition coefficient (Wildman–Crippen LogP) is 5.50. The summed E-state index contributed by atoms with van der Waals surface area (Å²) in [5.41, 5.74) is 5.20. The van der Waals surface area contributed by atoms with Crippen molar-refractivity contribution in [3.05, 3.63) is 47.2 Å². The monoisotopic (exact) mass is 601 g/mol. The molecule has 9 nitrogen and oxygen atoms in total. The van der Waals surface area contributed by atoms with Crippen molar-refractivity contribution < 1.29 is 14.0 Å². The summed E-state index contributed by atoms with van der Waals surface area (Å²) in [6.07, 6.45) is 4.31. The Hall–Kier alpha value is -3.79. The van der Waals surface area contributed by atoms with E-state index in [1.54, 1.807) is 0 Å². The molecule has 2 aliphatic rings. The Bertz CT molecular complexity index is 1720. The molecule has 1 aromatic carbocycles. The zero-order valence-corrected chi connectivity index (χ0v) is 26.5. The Kier molecular flexibility index (Phi) is 8.22. The summed E-state index contributed by atoms with van der Waals surface area (Å²) >= 11 is 0. The van der Waals surface area contributed by atoms with Gasteiger partial charge in [0, 0.05) is 36.5 Å². The maximum atomic E-state index is 14.4. The Morgan fingerprint density at radius 3 is 2.70 bits per heavy atom. The van der Waals surface area contributed by atoms with E-state index in [1.807, 2.05) is 52.9 Å². The molecule has 3 N–H and O–H groups in total. The molecule has 0 radical (unpaired) electrons. The van der Waals surface area contributed by atoms with Gasteiger partial charge in [0.25, 0.3) is 5.91 Å². The Morgan fingerprint density at radius 2 is 1.91 bits per heavy atom. The fraction of sp³-hybridized carbons (Fsp3) is 0.529. The Morgan fingerprint density at radius 1 is 1.11 bits per heavy atom. The van der Waals surface area contributed by atoms with E-state index in [0.717, 1.165) is 78.0 Å². The quantitative estimate of drug-likeness (QED) is 0.288. The van der Waals surface area contributed by atoms with Gasteiger partial charge in [0.2, 0.25) is 5.91 Å². The zero-order chi connectivity index (χ0) is 31.2. The van der Waals surface area contributed by atoms with Crippen molar-refractivity contribution in [2.45, 2.75) is 91.0 Å². The molecule has 2 aliphatic heterocycles. The van der Waals surface area contributed by atoms with Crippen LogP contribution in [0.25, 0.3) is 33.6 Å². The first-order valence-electron chi connectivity index (χ1n) is 16.0. The highest BCUT2D eigenvalue weighted by molar-refractivity contribution is 6.00. The van der Waals surface area contributed by atoms with Gasteiger partial charge < -0.3 is 25.1 Å². The van der Waals surface area contributed by atoms with Crippen LogP contribution >= 0.6 is 0 Å². The molecule has 0 spiro atoms. The van der Waals surface area contributed by atoms with Gasteiger partial charge >= 0.3 is 0 Å². The molecule has 0 saturated carbocycles. The van der Waals surface area contributed by atoms with Crippen LogP contribution in [0.15, 0.2) is 30.3 Å². The number of nitrogens with one attached hydrogen (secondary N) is 3. The van der Waals surface area contributed by atoms with Crippen molar-refractivity contribution in [1.82, 2.24) is 35.1 Å². The van der Waals surface area contributed by atoms with Crippen LogP contribution in [0.1, 0.15) is 87.0 Å². The van der Waals surface area contributed by atoms with Crippen molar-refractivity contribution in [3.8, 4) is 11.5 Å². The molecule has 5 heterocycles. The number of rotatable bonds is 3. The topological polar surface area (TPSA) is 106 Å². The van der Waals surface area contributed by atoms with Gasteiger partial charge in [0.1, 0.15) is 11.8 Å². The van der Waals surface area contributed by atoms with E-state index in [-0.39, 0.29) is 17.9 Å². The summed E-state index contributed by atoms with van der Waals surface area (Å²) in [5, 5.41) is 10.3. The number of carbonyl (C=O) groups is 2. The molecule has 0 unspecified atom stereocenters. The van der Waals surface area contributed by atoms with Gasteiger partial charge in [-0.1, -0.05) is 33.1 Å². The number of hydrogen-bond acceptors (Lipinski definition) is 5. The second kappa shape index (κ2) is 12.0. The lowest BCUT2D eigenvalue weighted by Crippen LogP contribution is -2.52. The number of benzene rings is 1. The summed E-state index contributed by atoms with van der Waals surface area (Å²) in [5.74, 6) is 0.570. The van der Waals surface area contributed by atoms with Crippen molar-refractivity contribution in [1.29, 1.82) is 0 Å². The second-order valence-corrected chi connectivity index (χ2v) is 13.3. The molecular weight excluding hydrogens is 557 g/mol. The number of carbonyl (C=O) groups excluding carboxylic acids is 2. The highest BCUT2D eigenvalue weighted by Gasteiger charge is 2.30. The van der Waals surface area contributed by atoms with Crippen LogP contribution in [-0.2, 0) is 18.4 Å². The number of aryl methyl sites for hydroxylation is 3. The van der Waals surface area contributed by atoms with E-state index >= 15 is 0 Å². The van der Waals surface area contributed by atoms with Crippen LogP contribution in [-0.4, -0.2) is 56.2 Å². The highest BCUT2D eigenvalue weighted by Crippen LogP contribution is 2.33. The fourth-order valence-corrected chi connectivity index (χ4v) is 6.60. The number of alkyl halides is 1. The van der Waals surface area contributed by atoms with Crippen LogP contribution in [0.3, 0.4) is 0 Å². The third-order valence-corrected chi connectivity index (χ3v) is 9.52. The lowest BCUT2D eigenvalue weighted by atomic mass is 9.85. The van der Waals surface area contributed by atoms with Crippen LogP contribution in [0.5, 0.6) is 0 Å². The van der Waals surface area contributed by atoms with Gasteiger partial charge in [-0.2, -0.15) is 0 Å². The number of aromatic nitrogens is 4. The van der Waals surface area contributed by atoms with Crippen LogP contribution in [0.2, 0.25) is 0 Å². The number of amides is 2. The van der Waals surface area contributed by atoms with Gasteiger partial charge in [-0.05, 0) is 75.5 Å². The van der Waals surface area contributed by atoms with Crippen LogP contribution < -0.4 is 16.0 Å². The zero-order valence-electron chi connectivity index (χ0n) is 26.5. The van der Waals surface area contributed by atoms with Gasteiger partial charge in [0.05, 0.1) is 34.5 Å². The van der Waals surface area contributed by atoms with E-state index in [0.29, 0.717) is 30.6 Å². The first-order chi connectivity index (χ1) is 21.0. The summed E-state index contributed by atoms with van der Waals surface area (Å²) in [6, 6.07) is 9.24. The SMILES string of the molecule is Cc1cc2c(cc1C(=O)N[C@H]1CNCC[C@@H]1F)nc(-c1cc3ccc4nc3n1CCCCCCC(C)(C)C(=O)N[C@@H]4C)n2C. The normalized spacial score (nSPS) is 23.0. The summed E-state index contributed by atoms with van der Waals surface area (Å²) in [7, 11) is 2.00. The highest BCUT2D eigenvalue weighted by atomic mass is 19.1. The maximum Gasteiger partial charge on any atom is 0.251 e. The fourth-order valence-electron chi connectivity index (χ4n) is 6.60. The average Bonchev–Trinajstić information content (AvgIpc) is 3.51. The molecule has 44 heavy (non-hydrogen) atoms. The first kappa shape index (κ1) is 30.2. The van der Waals surface area contributed by atoms with Crippen LogP contribution in [0, 0.1) is 12.3 Å². The van der Waals surface area contributed by atoms with Crippen LogP contribution in [0.4, 0.5) is 4.39 Å². The summed E-state index contributed by atoms with van der Waals surface area (Å²) in [4.78, 5) is 36.5. The number of pyridine rings is 1. The predicted molar refractivity (Wildman–Crippen MR) is 171 cm³/mol. The molecule has 1 saturated heterocycles. The summed E-state index contributed by atoms with van der Waals surface area (Å²) < 4.78 is 18.8. The number of imidazole rings is 1. The first-order valence-corrected chi connectivity index (χ1v) is 16.0. The maximum absolute atomic E-state index is 14.4. The average molecular weight is 602 g/mol. The summed E-state index contributed by atoms with van der Waals surface area (Å²) in [6.45, 7) is 9.79. The van der Waals surface area contributed by atoms with Gasteiger partial charge in [0.15, 0.2) is 5.82 Å². The van der Waals surface area contributed by atoms with E-state index in [2.05, 4.69) is 37.2 Å². The molecular formula is C34H44FN7O2. The van der Waals surface area contributed by atoms with Crippen molar-refractivity contribution in [2.75, 3.05) is 13.1 Å². The van der Waals surface area contributed by atoms with Gasteiger partial charge in [-0.15, -0.1) is 0 Å². The third kappa shape index (κ3) is 5.72. The van der Waals surface area contributed by atoms with E-state index in [1.165, 1.54) is 0 Å². The van der Waals surface area contributed by atoms with Gasteiger partial charge in [-0.3, -0.25) is 9.59 Å². The molecule has 3 aromatic heterocycles. The molecule has 1 fully saturated rings. The number of hydrogen-bond donors (Lipinski definition) is 3. The van der Waals surface area contributed by atoms with E-state index in [9.17, 15) is 14.0 Å². The smallest absolute Gasteiger partial charge is 0.251 e. The van der Waals surface area contributed by atoms with Crippen molar-refractivity contribution in [3.63, 3.8) is 0 Å². The molecule has 3 atom stereocenters. The minimum absolute atomic E-state index is 0.0583. The van der Waals surface area contributed by atoms with E-state index < -0.39 is 17.6 Å². The lowest BCUT2D eigenvalue weighted by molar-refractivity contribution is -0.130. The largest absolute Gasteiger partial charge is 0.348 e.